The summed E-state index contributed by atoms with van der Waals surface area (Å²) >= 11 is 0. The monoisotopic (exact) mass is 193 g/mol. The predicted molar refractivity (Wildman–Crippen MR) is 59.2 cm³/mol. The fraction of sp³-hybridized carbons (Fsp3) is 0.545. The normalized spacial score (nSPS) is 10.4. The van der Waals surface area contributed by atoms with Crippen molar-refractivity contribution in [2.24, 2.45) is 0 Å². The largest absolute Gasteiger partial charge is 0.313 e. The van der Waals surface area contributed by atoms with Gasteiger partial charge in [-0.25, -0.2) is 0 Å². The van der Waals surface area contributed by atoms with E-state index in [9.17, 15) is 0 Å². The Balaban J connectivity index is 2.57. The van der Waals surface area contributed by atoms with E-state index in [0.717, 1.165) is 31.7 Å². The second-order valence-corrected chi connectivity index (χ2v) is 3.36. The molecule has 0 unspecified atom stereocenters. The maximum atomic E-state index is 4.43. The molecule has 1 rings (SSSR count). The lowest BCUT2D eigenvalue weighted by molar-refractivity contribution is 0.618. The van der Waals surface area contributed by atoms with Crippen molar-refractivity contribution >= 4 is 0 Å². The van der Waals surface area contributed by atoms with Crippen LogP contribution in [0.25, 0.3) is 0 Å². The fourth-order valence-corrected chi connectivity index (χ4v) is 1.33. The highest BCUT2D eigenvalue weighted by Crippen LogP contribution is 2.05. The molecule has 0 spiro atoms. The van der Waals surface area contributed by atoms with Crippen LogP contribution in [0.5, 0.6) is 0 Å². The van der Waals surface area contributed by atoms with Gasteiger partial charge in [0.25, 0.3) is 0 Å². The lowest BCUT2D eigenvalue weighted by Gasteiger charge is -1.98. The summed E-state index contributed by atoms with van der Waals surface area (Å²) in [6.45, 7) is 10.7. The first kappa shape index (κ1) is 11.0. The van der Waals surface area contributed by atoms with Crippen LogP contribution in [-0.2, 0) is 13.1 Å². The molecule has 1 heterocycles. The van der Waals surface area contributed by atoms with Crippen molar-refractivity contribution in [3.63, 3.8) is 0 Å². The van der Waals surface area contributed by atoms with Crippen LogP contribution >= 0.6 is 0 Å². The van der Waals surface area contributed by atoms with Gasteiger partial charge in [-0.1, -0.05) is 13.0 Å². The predicted octanol–water partition coefficient (Wildman–Crippen LogP) is 1.88. The zero-order chi connectivity index (χ0) is 10.4. The van der Waals surface area contributed by atoms with Crippen molar-refractivity contribution < 1.29 is 0 Å². The first-order chi connectivity index (χ1) is 6.77. The molecule has 0 aliphatic rings. The SMILES string of the molecule is C=CCCn1cc(CNCC)c(C)n1. The quantitative estimate of drug-likeness (QED) is 0.699. The summed E-state index contributed by atoms with van der Waals surface area (Å²) in [6.07, 6.45) is 5.00. The molecule has 0 fully saturated rings. The summed E-state index contributed by atoms with van der Waals surface area (Å²) in [5.74, 6) is 0. The lowest BCUT2D eigenvalue weighted by atomic mass is 10.2. The number of rotatable bonds is 6. The molecule has 3 nitrogen and oxygen atoms in total. The van der Waals surface area contributed by atoms with Gasteiger partial charge in [-0.2, -0.15) is 5.10 Å². The van der Waals surface area contributed by atoms with E-state index in [1.165, 1.54) is 5.56 Å². The van der Waals surface area contributed by atoms with E-state index in [2.05, 4.69) is 37.0 Å². The molecule has 1 aromatic heterocycles. The molecule has 0 aromatic carbocycles. The van der Waals surface area contributed by atoms with Gasteiger partial charge in [-0.15, -0.1) is 6.58 Å². The van der Waals surface area contributed by atoms with Crippen LogP contribution in [-0.4, -0.2) is 16.3 Å². The standard InChI is InChI=1S/C11H19N3/c1-4-6-7-14-9-11(8-12-5-2)10(3)13-14/h4,9,12H,1,5-8H2,2-3H3. The Morgan fingerprint density at radius 1 is 1.64 bits per heavy atom. The first-order valence-electron chi connectivity index (χ1n) is 5.12. The van der Waals surface area contributed by atoms with Gasteiger partial charge in [0, 0.05) is 24.8 Å². The molecular weight excluding hydrogens is 174 g/mol. The lowest BCUT2D eigenvalue weighted by Crippen LogP contribution is -2.11. The molecule has 78 valence electrons. The maximum absolute atomic E-state index is 4.43. The Kier molecular flexibility index (Phi) is 4.40. The van der Waals surface area contributed by atoms with Crippen molar-refractivity contribution in [3.8, 4) is 0 Å². The van der Waals surface area contributed by atoms with Crippen LogP contribution < -0.4 is 5.32 Å². The summed E-state index contributed by atoms with van der Waals surface area (Å²) in [5.41, 5.74) is 2.41. The summed E-state index contributed by atoms with van der Waals surface area (Å²) < 4.78 is 1.99. The minimum Gasteiger partial charge on any atom is -0.313 e. The van der Waals surface area contributed by atoms with E-state index in [-0.39, 0.29) is 0 Å². The molecule has 0 bridgehead atoms. The van der Waals surface area contributed by atoms with Gasteiger partial charge in [0.2, 0.25) is 0 Å². The van der Waals surface area contributed by atoms with Crippen molar-refractivity contribution in [1.29, 1.82) is 0 Å². The molecule has 3 heteroatoms. The Hall–Kier alpha value is -1.09. The molecule has 0 aliphatic carbocycles. The fourth-order valence-electron chi connectivity index (χ4n) is 1.33. The third kappa shape index (κ3) is 3.00. The van der Waals surface area contributed by atoms with Gasteiger partial charge in [0.15, 0.2) is 0 Å². The third-order valence-electron chi connectivity index (χ3n) is 2.18. The number of hydrogen-bond acceptors (Lipinski definition) is 2. The van der Waals surface area contributed by atoms with Crippen LogP contribution in [0.3, 0.4) is 0 Å². The Morgan fingerprint density at radius 2 is 2.43 bits per heavy atom. The van der Waals surface area contributed by atoms with Crippen LogP contribution in [0.1, 0.15) is 24.6 Å². The molecule has 0 aliphatic heterocycles. The second kappa shape index (κ2) is 5.60. The smallest absolute Gasteiger partial charge is 0.0638 e. The number of hydrogen-bond donors (Lipinski definition) is 1. The Morgan fingerprint density at radius 3 is 3.07 bits per heavy atom. The highest BCUT2D eigenvalue weighted by molar-refractivity contribution is 5.14. The number of allylic oxidation sites excluding steroid dienone is 1. The zero-order valence-corrected chi connectivity index (χ0v) is 9.08. The van der Waals surface area contributed by atoms with Crippen molar-refractivity contribution in [2.45, 2.75) is 33.4 Å². The van der Waals surface area contributed by atoms with E-state index in [4.69, 9.17) is 0 Å². The topological polar surface area (TPSA) is 29.9 Å². The van der Waals surface area contributed by atoms with Crippen LogP contribution in [0.15, 0.2) is 18.9 Å². The number of aryl methyl sites for hydroxylation is 2. The summed E-state index contributed by atoms with van der Waals surface area (Å²) in [7, 11) is 0. The second-order valence-electron chi connectivity index (χ2n) is 3.36. The van der Waals surface area contributed by atoms with Crippen molar-refractivity contribution in [2.75, 3.05) is 6.54 Å². The molecule has 0 saturated heterocycles. The van der Waals surface area contributed by atoms with Crippen LogP contribution in [0.4, 0.5) is 0 Å². The number of aromatic nitrogens is 2. The molecule has 0 amide bonds. The molecule has 0 radical (unpaired) electrons. The minimum atomic E-state index is 0.913. The molecule has 1 aromatic rings. The summed E-state index contributed by atoms with van der Waals surface area (Å²) in [6, 6.07) is 0. The van der Waals surface area contributed by atoms with E-state index in [0.29, 0.717) is 0 Å². The van der Waals surface area contributed by atoms with E-state index >= 15 is 0 Å². The summed E-state index contributed by atoms with van der Waals surface area (Å²) in [4.78, 5) is 0. The average molecular weight is 193 g/mol. The van der Waals surface area contributed by atoms with Gasteiger partial charge in [0.05, 0.1) is 5.69 Å². The first-order valence-corrected chi connectivity index (χ1v) is 5.12. The van der Waals surface area contributed by atoms with Crippen molar-refractivity contribution in [1.82, 2.24) is 15.1 Å². The van der Waals surface area contributed by atoms with Gasteiger partial charge in [0.1, 0.15) is 0 Å². The van der Waals surface area contributed by atoms with E-state index < -0.39 is 0 Å². The summed E-state index contributed by atoms with van der Waals surface area (Å²) in [5, 5.41) is 7.73. The van der Waals surface area contributed by atoms with Crippen LogP contribution in [0, 0.1) is 6.92 Å². The van der Waals surface area contributed by atoms with E-state index in [1.54, 1.807) is 0 Å². The van der Waals surface area contributed by atoms with Gasteiger partial charge < -0.3 is 5.32 Å². The van der Waals surface area contributed by atoms with Crippen LogP contribution in [0.2, 0.25) is 0 Å². The molecule has 14 heavy (non-hydrogen) atoms. The van der Waals surface area contributed by atoms with Crippen molar-refractivity contribution in [3.05, 3.63) is 30.1 Å². The average Bonchev–Trinajstić information content (AvgIpc) is 2.53. The Labute approximate surface area is 85.8 Å². The highest BCUT2D eigenvalue weighted by Gasteiger charge is 2.02. The maximum Gasteiger partial charge on any atom is 0.0638 e. The number of nitrogens with one attached hydrogen (secondary N) is 1. The molecular formula is C11H19N3. The van der Waals surface area contributed by atoms with Gasteiger partial charge >= 0.3 is 0 Å². The molecule has 1 N–H and O–H groups in total. The minimum absolute atomic E-state index is 0.913. The molecule has 0 saturated carbocycles. The third-order valence-corrected chi connectivity index (χ3v) is 2.18. The van der Waals surface area contributed by atoms with Gasteiger partial charge in [-0.3, -0.25) is 4.68 Å². The van der Waals surface area contributed by atoms with E-state index in [1.807, 2.05) is 10.8 Å². The number of nitrogens with zero attached hydrogens (tertiary/aromatic N) is 2. The van der Waals surface area contributed by atoms with Gasteiger partial charge in [-0.05, 0) is 19.9 Å². The molecule has 0 atom stereocenters. The highest BCUT2D eigenvalue weighted by atomic mass is 15.3. The zero-order valence-electron chi connectivity index (χ0n) is 9.08. The Bertz CT molecular complexity index is 289.